The van der Waals surface area contributed by atoms with Gasteiger partial charge in [0.05, 0.1) is 18.1 Å². The van der Waals surface area contributed by atoms with Crippen molar-refractivity contribution >= 4 is 17.3 Å². The van der Waals surface area contributed by atoms with Crippen LogP contribution in [0.15, 0.2) is 48.5 Å². The Hall–Kier alpha value is -2.70. The first kappa shape index (κ1) is 15.8. The van der Waals surface area contributed by atoms with E-state index in [1.54, 1.807) is 12.1 Å². The highest BCUT2D eigenvalue weighted by Crippen LogP contribution is 2.37. The molecule has 2 aliphatic heterocycles. The number of hydrogen-bond acceptors (Lipinski definition) is 5. The SMILES string of the molecule is O=[N+]([O-])c1ccc2c(c1)C=C(c1ccccc1)C(N1CCOCC1)O2. The highest BCUT2D eigenvalue weighted by atomic mass is 16.6. The van der Waals surface area contributed by atoms with Crippen molar-refractivity contribution in [2.24, 2.45) is 0 Å². The molecule has 1 saturated heterocycles. The smallest absolute Gasteiger partial charge is 0.270 e. The largest absolute Gasteiger partial charge is 0.470 e. The van der Waals surface area contributed by atoms with Crippen LogP contribution in [-0.4, -0.2) is 42.4 Å². The molecule has 6 nitrogen and oxygen atoms in total. The van der Waals surface area contributed by atoms with Crippen LogP contribution in [0.4, 0.5) is 5.69 Å². The van der Waals surface area contributed by atoms with Gasteiger partial charge in [-0.3, -0.25) is 15.0 Å². The molecule has 0 spiro atoms. The van der Waals surface area contributed by atoms with Gasteiger partial charge in [0.2, 0.25) is 0 Å². The molecule has 0 aromatic heterocycles. The number of nitro groups is 1. The molecule has 2 aromatic rings. The minimum Gasteiger partial charge on any atom is -0.470 e. The Balaban J connectivity index is 1.78. The van der Waals surface area contributed by atoms with Crippen LogP contribution >= 0.6 is 0 Å². The van der Waals surface area contributed by atoms with E-state index in [0.717, 1.165) is 29.8 Å². The Labute approximate surface area is 145 Å². The maximum Gasteiger partial charge on any atom is 0.270 e. The first-order valence-electron chi connectivity index (χ1n) is 8.26. The van der Waals surface area contributed by atoms with E-state index in [4.69, 9.17) is 9.47 Å². The lowest BCUT2D eigenvalue weighted by molar-refractivity contribution is -0.384. The van der Waals surface area contributed by atoms with Gasteiger partial charge in [0.15, 0.2) is 6.23 Å². The van der Waals surface area contributed by atoms with Crippen molar-refractivity contribution in [1.82, 2.24) is 4.90 Å². The Morgan fingerprint density at radius 2 is 1.84 bits per heavy atom. The van der Waals surface area contributed by atoms with Crippen molar-refractivity contribution in [2.45, 2.75) is 6.23 Å². The zero-order valence-corrected chi connectivity index (χ0v) is 13.6. The Morgan fingerprint density at radius 1 is 1.08 bits per heavy atom. The predicted octanol–water partition coefficient (Wildman–Crippen LogP) is 3.19. The van der Waals surface area contributed by atoms with Gasteiger partial charge in [0.1, 0.15) is 5.75 Å². The van der Waals surface area contributed by atoms with Crippen molar-refractivity contribution in [3.05, 3.63) is 69.8 Å². The maximum absolute atomic E-state index is 11.1. The molecule has 1 fully saturated rings. The van der Waals surface area contributed by atoms with E-state index in [2.05, 4.69) is 4.90 Å². The monoisotopic (exact) mass is 338 g/mol. The second kappa shape index (κ2) is 6.66. The third kappa shape index (κ3) is 3.14. The van der Waals surface area contributed by atoms with Crippen LogP contribution in [-0.2, 0) is 4.74 Å². The van der Waals surface area contributed by atoms with E-state index in [1.807, 2.05) is 36.4 Å². The summed E-state index contributed by atoms with van der Waals surface area (Å²) in [4.78, 5) is 12.9. The van der Waals surface area contributed by atoms with Gasteiger partial charge in [-0.2, -0.15) is 0 Å². The summed E-state index contributed by atoms with van der Waals surface area (Å²) in [7, 11) is 0. The molecular weight excluding hydrogens is 320 g/mol. The number of rotatable bonds is 3. The van der Waals surface area contributed by atoms with Crippen LogP contribution in [0.3, 0.4) is 0 Å². The number of fused-ring (bicyclic) bond motifs is 1. The zero-order valence-electron chi connectivity index (χ0n) is 13.6. The minimum absolute atomic E-state index is 0.0656. The van der Waals surface area contributed by atoms with Crippen LogP contribution in [0.25, 0.3) is 11.6 Å². The van der Waals surface area contributed by atoms with E-state index < -0.39 is 0 Å². The number of morpholine rings is 1. The van der Waals surface area contributed by atoms with Gasteiger partial charge in [0.25, 0.3) is 5.69 Å². The van der Waals surface area contributed by atoms with Gasteiger partial charge >= 0.3 is 0 Å². The summed E-state index contributed by atoms with van der Waals surface area (Å²) in [5.74, 6) is 0.668. The van der Waals surface area contributed by atoms with Crippen molar-refractivity contribution in [3.63, 3.8) is 0 Å². The highest BCUT2D eigenvalue weighted by Gasteiger charge is 2.31. The molecule has 1 atom stereocenters. The third-order valence-electron chi connectivity index (χ3n) is 4.50. The average molecular weight is 338 g/mol. The lowest BCUT2D eigenvalue weighted by atomic mass is 9.97. The molecule has 2 aromatic carbocycles. The summed E-state index contributed by atoms with van der Waals surface area (Å²) in [5.41, 5.74) is 2.86. The van der Waals surface area contributed by atoms with Gasteiger partial charge in [0, 0.05) is 36.4 Å². The fourth-order valence-corrected chi connectivity index (χ4v) is 3.23. The summed E-state index contributed by atoms with van der Waals surface area (Å²) in [6.45, 7) is 2.93. The minimum atomic E-state index is -0.385. The summed E-state index contributed by atoms with van der Waals surface area (Å²) in [6.07, 6.45) is 1.78. The number of hydrogen-bond donors (Lipinski definition) is 0. The second-order valence-corrected chi connectivity index (χ2v) is 6.06. The zero-order chi connectivity index (χ0) is 17.2. The molecule has 0 radical (unpaired) electrons. The first-order chi connectivity index (χ1) is 12.2. The Morgan fingerprint density at radius 3 is 2.56 bits per heavy atom. The van der Waals surface area contributed by atoms with Crippen molar-refractivity contribution in [2.75, 3.05) is 26.3 Å². The van der Waals surface area contributed by atoms with E-state index >= 15 is 0 Å². The molecule has 6 heteroatoms. The quantitative estimate of drug-likeness (QED) is 0.635. The van der Waals surface area contributed by atoms with Gasteiger partial charge in [-0.25, -0.2) is 0 Å². The number of benzene rings is 2. The van der Waals surface area contributed by atoms with Gasteiger partial charge in [-0.05, 0) is 17.7 Å². The fourth-order valence-electron chi connectivity index (χ4n) is 3.23. The van der Waals surface area contributed by atoms with Crippen molar-refractivity contribution in [3.8, 4) is 5.75 Å². The highest BCUT2D eigenvalue weighted by molar-refractivity contribution is 5.87. The Bertz CT molecular complexity index is 813. The van der Waals surface area contributed by atoms with Crippen LogP contribution in [0, 0.1) is 10.1 Å². The van der Waals surface area contributed by atoms with Crippen LogP contribution in [0.5, 0.6) is 5.75 Å². The van der Waals surface area contributed by atoms with Crippen LogP contribution < -0.4 is 4.74 Å². The molecule has 0 N–H and O–H groups in total. The number of non-ortho nitro benzene ring substituents is 1. The molecule has 25 heavy (non-hydrogen) atoms. The molecule has 128 valence electrons. The number of ether oxygens (including phenoxy) is 2. The first-order valence-corrected chi connectivity index (χ1v) is 8.26. The molecular formula is C19H18N2O4. The molecule has 0 bridgehead atoms. The molecule has 1 unspecified atom stereocenters. The van der Waals surface area contributed by atoms with Crippen LogP contribution in [0.1, 0.15) is 11.1 Å². The lowest BCUT2D eigenvalue weighted by Crippen LogP contribution is -2.47. The normalized spacial score (nSPS) is 20.3. The third-order valence-corrected chi connectivity index (χ3v) is 4.50. The average Bonchev–Trinajstić information content (AvgIpc) is 2.68. The number of nitro benzene ring substituents is 1. The summed E-state index contributed by atoms with van der Waals surface area (Å²) in [5, 5.41) is 11.1. The molecule has 0 amide bonds. The topological polar surface area (TPSA) is 64.8 Å². The van der Waals surface area contributed by atoms with Gasteiger partial charge in [-0.15, -0.1) is 0 Å². The van der Waals surface area contributed by atoms with E-state index in [-0.39, 0.29) is 16.8 Å². The van der Waals surface area contributed by atoms with Crippen LogP contribution in [0.2, 0.25) is 0 Å². The predicted molar refractivity (Wildman–Crippen MR) is 94.2 cm³/mol. The lowest BCUT2D eigenvalue weighted by Gasteiger charge is -2.38. The molecule has 2 aliphatic rings. The summed E-state index contributed by atoms with van der Waals surface area (Å²) >= 11 is 0. The van der Waals surface area contributed by atoms with Crippen molar-refractivity contribution in [1.29, 1.82) is 0 Å². The fraction of sp³-hybridized carbons (Fsp3) is 0.263. The van der Waals surface area contributed by atoms with Crippen molar-refractivity contribution < 1.29 is 14.4 Å². The summed E-state index contributed by atoms with van der Waals surface area (Å²) < 4.78 is 11.7. The van der Waals surface area contributed by atoms with Gasteiger partial charge in [-0.1, -0.05) is 30.3 Å². The maximum atomic E-state index is 11.1. The molecule has 2 heterocycles. The van der Waals surface area contributed by atoms with E-state index in [0.29, 0.717) is 19.0 Å². The standard InChI is InChI=1S/C19H18N2O4/c22-21(23)16-6-7-18-15(12-16)13-17(14-4-2-1-3-5-14)19(25-18)20-8-10-24-11-9-20/h1-7,12-13,19H,8-11H2. The number of nitrogens with zero attached hydrogens (tertiary/aromatic N) is 2. The molecule has 0 saturated carbocycles. The molecule has 0 aliphatic carbocycles. The summed E-state index contributed by atoms with van der Waals surface area (Å²) in [6, 6.07) is 14.7. The van der Waals surface area contributed by atoms with E-state index in [1.165, 1.54) is 6.07 Å². The Kier molecular flexibility index (Phi) is 4.21. The van der Waals surface area contributed by atoms with E-state index in [9.17, 15) is 10.1 Å². The second-order valence-electron chi connectivity index (χ2n) is 6.06. The molecule has 4 rings (SSSR count). The van der Waals surface area contributed by atoms with Gasteiger partial charge < -0.3 is 9.47 Å².